The van der Waals surface area contributed by atoms with Gasteiger partial charge in [-0.2, -0.15) is 0 Å². The van der Waals surface area contributed by atoms with Crippen molar-refractivity contribution in [2.45, 2.75) is 26.3 Å². The number of esters is 1. The quantitative estimate of drug-likeness (QED) is 0.706. The van der Waals surface area contributed by atoms with Crippen molar-refractivity contribution < 1.29 is 14.3 Å². The number of ether oxygens (including phenoxy) is 1. The summed E-state index contributed by atoms with van der Waals surface area (Å²) in [5, 5.41) is 0. The van der Waals surface area contributed by atoms with Crippen molar-refractivity contribution in [3.05, 3.63) is 58.7 Å². The number of piperazine rings is 1. The van der Waals surface area contributed by atoms with Crippen LogP contribution in [0.2, 0.25) is 0 Å². The van der Waals surface area contributed by atoms with Gasteiger partial charge in [0.15, 0.2) is 5.78 Å². The molecule has 0 unspecified atom stereocenters. The van der Waals surface area contributed by atoms with Crippen molar-refractivity contribution in [1.82, 2.24) is 14.9 Å². The largest absolute Gasteiger partial charge is 0.464 e. The molecule has 1 aliphatic carbocycles. The van der Waals surface area contributed by atoms with Gasteiger partial charge < -0.3 is 9.64 Å². The SMILES string of the molecule is CCC1=Cc2ncc(CN3CCN(c4ccc(C(=O)OC)nc4)CC3)cc2CC1=O. The van der Waals surface area contributed by atoms with Crippen LogP contribution in [0.3, 0.4) is 0 Å². The maximum Gasteiger partial charge on any atom is 0.356 e. The highest BCUT2D eigenvalue weighted by molar-refractivity contribution is 6.03. The van der Waals surface area contributed by atoms with E-state index < -0.39 is 5.97 Å². The average molecular weight is 406 g/mol. The van der Waals surface area contributed by atoms with Gasteiger partial charge in [0.1, 0.15) is 5.69 Å². The van der Waals surface area contributed by atoms with Crippen molar-refractivity contribution in [2.24, 2.45) is 0 Å². The van der Waals surface area contributed by atoms with Crippen LogP contribution in [0.25, 0.3) is 6.08 Å². The lowest BCUT2D eigenvalue weighted by Gasteiger charge is -2.36. The van der Waals surface area contributed by atoms with E-state index >= 15 is 0 Å². The molecule has 30 heavy (non-hydrogen) atoms. The predicted molar refractivity (Wildman–Crippen MR) is 114 cm³/mol. The summed E-state index contributed by atoms with van der Waals surface area (Å²) in [5.74, 6) is -0.211. The zero-order valence-corrected chi connectivity index (χ0v) is 17.4. The van der Waals surface area contributed by atoms with Crippen LogP contribution in [-0.2, 0) is 22.5 Å². The third kappa shape index (κ3) is 4.26. The molecule has 4 rings (SSSR count). The maximum atomic E-state index is 12.2. The van der Waals surface area contributed by atoms with Gasteiger partial charge in [0, 0.05) is 45.3 Å². The number of hydrogen-bond acceptors (Lipinski definition) is 7. The van der Waals surface area contributed by atoms with Crippen LogP contribution in [0.15, 0.2) is 36.2 Å². The van der Waals surface area contributed by atoms with E-state index in [0.717, 1.165) is 67.2 Å². The highest BCUT2D eigenvalue weighted by Gasteiger charge is 2.21. The van der Waals surface area contributed by atoms with Crippen LogP contribution in [0, 0.1) is 0 Å². The van der Waals surface area contributed by atoms with E-state index in [2.05, 4.69) is 25.8 Å². The number of ketones is 1. The number of Topliss-reactive ketones (excluding diaryl/α,β-unsaturated/α-hetero) is 1. The summed E-state index contributed by atoms with van der Waals surface area (Å²) in [5.41, 5.74) is 5.31. The first-order valence-electron chi connectivity index (χ1n) is 10.3. The Morgan fingerprint density at radius 2 is 1.93 bits per heavy atom. The lowest BCUT2D eigenvalue weighted by molar-refractivity contribution is -0.115. The zero-order valence-electron chi connectivity index (χ0n) is 17.4. The van der Waals surface area contributed by atoms with Crippen LogP contribution in [-0.4, -0.2) is 59.9 Å². The Labute approximate surface area is 176 Å². The van der Waals surface area contributed by atoms with Gasteiger partial charge in [0.05, 0.1) is 24.7 Å². The number of methoxy groups -OCH3 is 1. The third-order valence-corrected chi connectivity index (χ3v) is 5.75. The molecule has 7 nitrogen and oxygen atoms in total. The number of carbonyl (C=O) groups is 2. The topological polar surface area (TPSA) is 75.6 Å². The molecule has 2 aromatic rings. The Morgan fingerprint density at radius 3 is 2.60 bits per heavy atom. The molecule has 0 amide bonds. The predicted octanol–water partition coefficient (Wildman–Crippen LogP) is 2.50. The summed E-state index contributed by atoms with van der Waals surface area (Å²) >= 11 is 0. The fraction of sp³-hybridized carbons (Fsp3) is 0.391. The number of hydrogen-bond donors (Lipinski definition) is 0. The summed E-state index contributed by atoms with van der Waals surface area (Å²) in [6.45, 7) is 6.46. The first kappa shape index (κ1) is 20.2. The highest BCUT2D eigenvalue weighted by Crippen LogP contribution is 2.23. The number of anilines is 1. The second kappa shape index (κ2) is 8.75. The number of nitrogens with zero attached hydrogens (tertiary/aromatic N) is 4. The summed E-state index contributed by atoms with van der Waals surface area (Å²) in [6, 6.07) is 5.74. The van der Waals surface area contributed by atoms with E-state index in [-0.39, 0.29) is 5.78 Å². The van der Waals surface area contributed by atoms with E-state index in [1.807, 2.05) is 25.3 Å². The number of fused-ring (bicyclic) bond motifs is 1. The maximum absolute atomic E-state index is 12.2. The molecule has 0 bridgehead atoms. The number of rotatable bonds is 5. The van der Waals surface area contributed by atoms with Crippen LogP contribution in [0.1, 0.15) is 40.7 Å². The van der Waals surface area contributed by atoms with Gasteiger partial charge in [-0.3, -0.25) is 14.7 Å². The molecule has 1 saturated heterocycles. The summed E-state index contributed by atoms with van der Waals surface area (Å²) < 4.78 is 4.70. The normalized spacial score (nSPS) is 16.8. The first-order chi connectivity index (χ1) is 14.6. The van der Waals surface area contributed by atoms with Gasteiger partial charge in [-0.1, -0.05) is 13.0 Å². The van der Waals surface area contributed by atoms with Crippen molar-refractivity contribution in [3.63, 3.8) is 0 Å². The van der Waals surface area contributed by atoms with Crippen molar-refractivity contribution in [1.29, 1.82) is 0 Å². The van der Waals surface area contributed by atoms with E-state index in [0.29, 0.717) is 12.1 Å². The molecular weight excluding hydrogens is 380 g/mol. The summed E-state index contributed by atoms with van der Waals surface area (Å²) in [7, 11) is 1.35. The van der Waals surface area contributed by atoms with Gasteiger partial charge in [-0.15, -0.1) is 0 Å². The Balaban J connectivity index is 1.35. The summed E-state index contributed by atoms with van der Waals surface area (Å²) in [6.07, 6.45) is 6.80. The molecule has 0 aromatic carbocycles. The van der Waals surface area contributed by atoms with E-state index in [1.54, 1.807) is 12.3 Å². The summed E-state index contributed by atoms with van der Waals surface area (Å²) in [4.78, 5) is 37.2. The molecule has 2 aromatic heterocycles. The van der Waals surface area contributed by atoms with Crippen LogP contribution in [0.4, 0.5) is 5.69 Å². The van der Waals surface area contributed by atoms with Gasteiger partial charge in [0.25, 0.3) is 0 Å². The number of pyridine rings is 2. The number of allylic oxidation sites excluding steroid dienone is 1. The van der Waals surface area contributed by atoms with Gasteiger partial charge in [-0.05, 0) is 41.3 Å². The Bertz CT molecular complexity index is 976. The fourth-order valence-corrected chi connectivity index (χ4v) is 3.98. The fourth-order valence-electron chi connectivity index (χ4n) is 3.98. The van der Waals surface area contributed by atoms with Gasteiger partial charge in [-0.25, -0.2) is 9.78 Å². The molecular formula is C23H26N4O3. The molecule has 0 N–H and O–H groups in total. The van der Waals surface area contributed by atoms with E-state index in [9.17, 15) is 9.59 Å². The third-order valence-electron chi connectivity index (χ3n) is 5.75. The lowest BCUT2D eigenvalue weighted by Crippen LogP contribution is -2.46. The minimum atomic E-state index is -0.423. The standard InChI is InChI=1S/C23H26N4O3/c1-3-17-11-21-18(12-22(17)28)10-16(13-24-21)15-26-6-8-27(9-7-26)19-4-5-20(25-14-19)23(29)30-2/h4-5,10-11,13-14H,3,6-9,12,15H2,1-2H3. The molecule has 0 saturated carbocycles. The van der Waals surface area contributed by atoms with E-state index in [1.165, 1.54) is 7.11 Å². The monoisotopic (exact) mass is 406 g/mol. The molecule has 156 valence electrons. The second-order valence-corrected chi connectivity index (χ2v) is 7.67. The van der Waals surface area contributed by atoms with Crippen molar-refractivity contribution in [2.75, 3.05) is 38.2 Å². The molecule has 0 atom stereocenters. The molecule has 3 heterocycles. The minimum absolute atomic E-state index is 0.212. The first-order valence-corrected chi connectivity index (χ1v) is 10.3. The minimum Gasteiger partial charge on any atom is -0.464 e. The average Bonchev–Trinajstić information content (AvgIpc) is 2.78. The van der Waals surface area contributed by atoms with Gasteiger partial charge in [0.2, 0.25) is 0 Å². The number of aromatic nitrogens is 2. The van der Waals surface area contributed by atoms with Gasteiger partial charge >= 0.3 is 5.97 Å². The van der Waals surface area contributed by atoms with Crippen molar-refractivity contribution in [3.8, 4) is 0 Å². The Kier molecular flexibility index (Phi) is 5.90. The molecule has 1 aliphatic heterocycles. The van der Waals surface area contributed by atoms with Crippen LogP contribution >= 0.6 is 0 Å². The van der Waals surface area contributed by atoms with E-state index in [4.69, 9.17) is 4.74 Å². The molecule has 0 radical (unpaired) electrons. The Hall–Kier alpha value is -3.06. The number of carbonyl (C=O) groups excluding carboxylic acids is 2. The van der Waals surface area contributed by atoms with Crippen LogP contribution in [0.5, 0.6) is 0 Å². The highest BCUT2D eigenvalue weighted by atomic mass is 16.5. The molecule has 2 aliphatic rings. The molecule has 0 spiro atoms. The second-order valence-electron chi connectivity index (χ2n) is 7.67. The smallest absolute Gasteiger partial charge is 0.356 e. The Morgan fingerprint density at radius 1 is 1.13 bits per heavy atom. The lowest BCUT2D eigenvalue weighted by atomic mass is 9.92. The molecule has 7 heteroatoms. The zero-order chi connectivity index (χ0) is 21.1. The van der Waals surface area contributed by atoms with Crippen LogP contribution < -0.4 is 4.90 Å². The molecule has 1 fully saturated rings. The van der Waals surface area contributed by atoms with Crippen molar-refractivity contribution >= 4 is 23.5 Å².